The number of hydrogen-bond donors (Lipinski definition) is 0. The van der Waals surface area contributed by atoms with Gasteiger partial charge in [0.25, 0.3) is 0 Å². The van der Waals surface area contributed by atoms with Gasteiger partial charge in [-0.3, -0.25) is 4.21 Å². The van der Waals surface area contributed by atoms with Crippen molar-refractivity contribution in [3.8, 4) is 0 Å². The molecule has 2 aromatic rings. The number of rotatable bonds is 2. The van der Waals surface area contributed by atoms with E-state index in [9.17, 15) is 14.1 Å². The Hall–Kier alpha value is -0.940. The van der Waals surface area contributed by atoms with Gasteiger partial charge in [-0.2, -0.15) is 0 Å². The summed E-state index contributed by atoms with van der Waals surface area (Å²) in [4.78, 5) is 11.5. The summed E-state index contributed by atoms with van der Waals surface area (Å²) in [5, 5.41) is 10.7. The molecular formula is C16H13NaO3S. The second kappa shape index (κ2) is 6.88. The summed E-state index contributed by atoms with van der Waals surface area (Å²) in [7, 11) is -1.08. The average Bonchev–Trinajstić information content (AvgIpc) is 2.53. The summed E-state index contributed by atoms with van der Waals surface area (Å²) < 4.78 is 12.4. The third kappa shape index (κ3) is 3.64. The van der Waals surface area contributed by atoms with Gasteiger partial charge in [-0.25, -0.2) is 0 Å². The van der Waals surface area contributed by atoms with Crippen molar-refractivity contribution in [2.45, 2.75) is 23.5 Å². The first-order valence-electron chi connectivity index (χ1n) is 6.40. The van der Waals surface area contributed by atoms with E-state index in [1.807, 2.05) is 30.3 Å². The molecule has 0 spiro atoms. The van der Waals surface area contributed by atoms with Gasteiger partial charge in [0, 0.05) is 17.3 Å². The van der Waals surface area contributed by atoms with Crippen molar-refractivity contribution in [1.82, 2.24) is 0 Å². The van der Waals surface area contributed by atoms with E-state index in [-0.39, 0.29) is 36.0 Å². The molecule has 0 saturated heterocycles. The van der Waals surface area contributed by atoms with Crippen molar-refractivity contribution in [3.05, 3.63) is 64.7 Å². The summed E-state index contributed by atoms with van der Waals surface area (Å²) in [6.45, 7) is 0. The zero-order chi connectivity index (χ0) is 14.1. The topological polar surface area (TPSA) is 57.2 Å². The van der Waals surface area contributed by atoms with Crippen molar-refractivity contribution < 1.29 is 43.7 Å². The van der Waals surface area contributed by atoms with Crippen LogP contribution in [0.15, 0.2) is 47.4 Å². The fraction of sp³-hybridized carbons (Fsp3) is 0.188. The number of carbonyl (C=O) groups excluding carboxylic acids is 1. The van der Waals surface area contributed by atoms with Crippen molar-refractivity contribution in [1.29, 1.82) is 0 Å². The molecular weight excluding hydrogens is 295 g/mol. The first-order chi connectivity index (χ1) is 9.63. The molecule has 3 nitrogen and oxygen atoms in total. The largest absolute Gasteiger partial charge is 1.00 e. The fourth-order valence-electron chi connectivity index (χ4n) is 2.56. The third-order valence-corrected chi connectivity index (χ3v) is 4.97. The Labute approximate surface area is 148 Å². The molecule has 1 aliphatic rings. The number of aliphatic carboxylic acids is 1. The number of carboxylic acid groups (broad SMARTS) is 1. The molecule has 21 heavy (non-hydrogen) atoms. The van der Waals surface area contributed by atoms with Crippen molar-refractivity contribution in [2.75, 3.05) is 0 Å². The zero-order valence-electron chi connectivity index (χ0n) is 11.8. The van der Waals surface area contributed by atoms with Crippen LogP contribution < -0.4 is 34.7 Å². The van der Waals surface area contributed by atoms with Crippen LogP contribution in [-0.4, -0.2) is 10.2 Å². The molecule has 0 amide bonds. The minimum atomic E-state index is -1.10. The van der Waals surface area contributed by atoms with Gasteiger partial charge in [-0.15, -0.1) is 0 Å². The van der Waals surface area contributed by atoms with Crippen LogP contribution in [0.1, 0.15) is 22.3 Å². The van der Waals surface area contributed by atoms with E-state index in [0.29, 0.717) is 17.7 Å². The molecule has 1 aliphatic heterocycles. The number of carboxylic acids is 1. The Morgan fingerprint density at radius 2 is 1.81 bits per heavy atom. The van der Waals surface area contributed by atoms with Gasteiger partial charge in [0.1, 0.15) is 0 Å². The molecule has 5 heteroatoms. The summed E-state index contributed by atoms with van der Waals surface area (Å²) >= 11 is 0. The van der Waals surface area contributed by atoms with Crippen LogP contribution in [0.4, 0.5) is 0 Å². The number of hydrogen-bond acceptors (Lipinski definition) is 3. The van der Waals surface area contributed by atoms with Gasteiger partial charge in [-0.05, 0) is 34.7 Å². The maximum atomic E-state index is 12.4. The van der Waals surface area contributed by atoms with Gasteiger partial charge in [-0.1, -0.05) is 36.4 Å². The second-order valence-corrected chi connectivity index (χ2v) is 6.35. The maximum absolute atomic E-state index is 12.4. The van der Waals surface area contributed by atoms with Gasteiger partial charge in [0.15, 0.2) is 0 Å². The number of benzene rings is 2. The van der Waals surface area contributed by atoms with E-state index < -0.39 is 16.8 Å². The standard InChI is InChI=1S/C16H14O3S.Na/c17-16(18)8-11-5-6-15-14(7-11)9-12-3-1-2-4-13(12)10-20(15)19;/h1-7H,8-10H2,(H,17,18);/q;+1/p-1. The van der Waals surface area contributed by atoms with Crippen molar-refractivity contribution in [2.24, 2.45) is 0 Å². The molecule has 2 aromatic carbocycles. The zero-order valence-corrected chi connectivity index (χ0v) is 14.6. The van der Waals surface area contributed by atoms with E-state index in [4.69, 9.17) is 0 Å². The predicted molar refractivity (Wildman–Crippen MR) is 74.5 cm³/mol. The Balaban J connectivity index is 0.00000161. The van der Waals surface area contributed by atoms with Crippen molar-refractivity contribution >= 4 is 16.8 Å². The Morgan fingerprint density at radius 1 is 1.10 bits per heavy atom. The van der Waals surface area contributed by atoms with Crippen LogP contribution >= 0.6 is 0 Å². The van der Waals surface area contributed by atoms with Crippen LogP contribution in [-0.2, 0) is 34.2 Å². The summed E-state index contributed by atoms with van der Waals surface area (Å²) in [5.74, 6) is -0.580. The van der Waals surface area contributed by atoms with Crippen LogP contribution in [0.2, 0.25) is 0 Å². The normalized spacial score (nSPS) is 16.1. The smallest absolute Gasteiger partial charge is 0.550 e. The molecule has 1 unspecified atom stereocenters. The number of carbonyl (C=O) groups is 1. The van der Waals surface area contributed by atoms with Crippen LogP contribution in [0.3, 0.4) is 0 Å². The Morgan fingerprint density at radius 3 is 2.52 bits per heavy atom. The fourth-order valence-corrected chi connectivity index (χ4v) is 3.93. The molecule has 0 N–H and O–H groups in total. The number of fused-ring (bicyclic) bond motifs is 2. The van der Waals surface area contributed by atoms with Gasteiger partial charge < -0.3 is 9.90 Å². The van der Waals surface area contributed by atoms with Crippen LogP contribution in [0, 0.1) is 0 Å². The molecule has 0 aromatic heterocycles. The Kier molecular flexibility index (Phi) is 5.38. The first-order valence-corrected chi connectivity index (χ1v) is 7.72. The summed E-state index contributed by atoms with van der Waals surface area (Å²) in [5.41, 5.74) is 3.90. The van der Waals surface area contributed by atoms with E-state index >= 15 is 0 Å². The van der Waals surface area contributed by atoms with Crippen LogP contribution in [0.5, 0.6) is 0 Å². The molecule has 3 rings (SSSR count). The molecule has 1 heterocycles. The minimum absolute atomic E-state index is 0. The second-order valence-electron chi connectivity index (χ2n) is 4.93. The molecule has 1 atom stereocenters. The molecule has 0 bridgehead atoms. The van der Waals surface area contributed by atoms with E-state index in [1.54, 1.807) is 12.1 Å². The Bertz CT molecular complexity index is 712. The van der Waals surface area contributed by atoms with Crippen molar-refractivity contribution in [3.63, 3.8) is 0 Å². The summed E-state index contributed by atoms with van der Waals surface area (Å²) in [6.07, 6.45) is 0.583. The monoisotopic (exact) mass is 308 g/mol. The quantitative estimate of drug-likeness (QED) is 0.615. The van der Waals surface area contributed by atoms with E-state index in [2.05, 4.69) is 0 Å². The molecule has 102 valence electrons. The predicted octanol–water partition coefficient (Wildman–Crippen LogP) is -1.80. The average molecular weight is 308 g/mol. The molecule has 0 aliphatic carbocycles. The SMILES string of the molecule is O=C([O-])Cc1ccc2c(c1)Cc1ccccc1CS2=O.[Na+]. The molecule has 0 fully saturated rings. The van der Waals surface area contributed by atoms with Crippen LogP contribution in [0.25, 0.3) is 0 Å². The van der Waals surface area contributed by atoms with Gasteiger partial charge in [0.05, 0.1) is 16.6 Å². The maximum Gasteiger partial charge on any atom is 1.00 e. The molecule has 0 radical (unpaired) electrons. The minimum Gasteiger partial charge on any atom is -0.550 e. The molecule has 0 saturated carbocycles. The van der Waals surface area contributed by atoms with E-state index in [0.717, 1.165) is 21.6 Å². The van der Waals surface area contributed by atoms with Gasteiger partial charge >= 0.3 is 29.6 Å². The summed E-state index contributed by atoms with van der Waals surface area (Å²) in [6, 6.07) is 13.3. The van der Waals surface area contributed by atoms with E-state index in [1.165, 1.54) is 0 Å². The van der Waals surface area contributed by atoms with Gasteiger partial charge in [0.2, 0.25) is 0 Å². The first kappa shape index (κ1) is 16.4. The third-order valence-electron chi connectivity index (χ3n) is 3.50.